The highest BCUT2D eigenvalue weighted by atomic mass is 79.9. The molecule has 1 aromatic rings. The molecule has 120 valence electrons. The summed E-state index contributed by atoms with van der Waals surface area (Å²) in [4.78, 5) is 5.10. The molecule has 1 saturated heterocycles. The number of hydrogen-bond acceptors (Lipinski definition) is 4. The fourth-order valence-electron chi connectivity index (χ4n) is 3.39. The zero-order valence-electron chi connectivity index (χ0n) is 13.3. The first-order valence-corrected chi connectivity index (χ1v) is 9.63. The van der Waals surface area contributed by atoms with Gasteiger partial charge in [-0.25, -0.2) is 0 Å². The largest absolute Gasteiger partial charge is 0.329 e. The van der Waals surface area contributed by atoms with Crippen LogP contribution in [-0.4, -0.2) is 48.6 Å². The molecule has 0 spiro atoms. The van der Waals surface area contributed by atoms with Crippen LogP contribution in [0.4, 0.5) is 0 Å². The maximum atomic E-state index is 6.22. The lowest BCUT2D eigenvalue weighted by atomic mass is 9.88. The first kappa shape index (κ1) is 17.4. The monoisotopic (exact) mass is 373 g/mol. The zero-order chi connectivity index (χ0) is 15.3. The summed E-state index contributed by atoms with van der Waals surface area (Å²) in [5, 5.41) is 2.24. The second kappa shape index (κ2) is 8.06. The Labute approximate surface area is 141 Å². The molecule has 0 saturated carbocycles. The lowest BCUT2D eigenvalue weighted by Gasteiger charge is -2.41. The van der Waals surface area contributed by atoms with Crippen molar-refractivity contribution >= 4 is 27.3 Å². The van der Waals surface area contributed by atoms with Crippen LogP contribution < -0.4 is 5.73 Å². The Bertz CT molecular complexity index is 437. The van der Waals surface area contributed by atoms with Crippen LogP contribution in [0.1, 0.15) is 38.2 Å². The molecule has 2 rings (SSSR count). The summed E-state index contributed by atoms with van der Waals surface area (Å²) >= 11 is 5.32. The van der Waals surface area contributed by atoms with E-state index >= 15 is 0 Å². The Morgan fingerprint density at radius 2 is 2.24 bits per heavy atom. The van der Waals surface area contributed by atoms with Crippen LogP contribution in [0.2, 0.25) is 0 Å². The van der Waals surface area contributed by atoms with Gasteiger partial charge in [-0.2, -0.15) is 0 Å². The quantitative estimate of drug-likeness (QED) is 0.827. The van der Waals surface area contributed by atoms with Crippen molar-refractivity contribution in [2.75, 3.05) is 33.2 Å². The molecule has 1 aliphatic rings. The van der Waals surface area contributed by atoms with Crippen LogP contribution in [0.5, 0.6) is 0 Å². The van der Waals surface area contributed by atoms with Crippen molar-refractivity contribution in [2.45, 2.75) is 44.7 Å². The van der Waals surface area contributed by atoms with Crippen LogP contribution >= 0.6 is 27.3 Å². The van der Waals surface area contributed by atoms with E-state index in [0.717, 1.165) is 13.1 Å². The maximum Gasteiger partial charge on any atom is 0.0701 e. The van der Waals surface area contributed by atoms with E-state index in [1.807, 2.05) is 0 Å². The van der Waals surface area contributed by atoms with Crippen molar-refractivity contribution in [3.63, 3.8) is 0 Å². The van der Waals surface area contributed by atoms with Gasteiger partial charge in [-0.15, -0.1) is 11.3 Å². The molecule has 0 radical (unpaired) electrons. The lowest BCUT2D eigenvalue weighted by Crippen LogP contribution is -2.52. The van der Waals surface area contributed by atoms with Crippen molar-refractivity contribution in [1.82, 2.24) is 9.80 Å². The molecule has 1 unspecified atom stereocenters. The predicted octanol–water partition coefficient (Wildman–Crippen LogP) is 3.54. The van der Waals surface area contributed by atoms with Gasteiger partial charge in [-0.05, 0) is 85.3 Å². The predicted molar refractivity (Wildman–Crippen MR) is 95.9 cm³/mol. The number of likely N-dealkylation sites (N-methyl/N-ethyl adjacent to an activating group) is 1. The number of thiophene rings is 1. The summed E-state index contributed by atoms with van der Waals surface area (Å²) in [7, 11) is 2.24. The van der Waals surface area contributed by atoms with Gasteiger partial charge in [0.15, 0.2) is 0 Å². The molecule has 0 aromatic carbocycles. The van der Waals surface area contributed by atoms with Gasteiger partial charge >= 0.3 is 0 Å². The Hall–Kier alpha value is 0.0600. The molecule has 21 heavy (non-hydrogen) atoms. The van der Waals surface area contributed by atoms with E-state index < -0.39 is 0 Å². The molecule has 1 fully saturated rings. The van der Waals surface area contributed by atoms with E-state index in [1.165, 1.54) is 54.7 Å². The third-order valence-electron chi connectivity index (χ3n) is 4.78. The van der Waals surface area contributed by atoms with Gasteiger partial charge in [0, 0.05) is 18.6 Å². The van der Waals surface area contributed by atoms with E-state index in [2.05, 4.69) is 51.1 Å². The minimum atomic E-state index is 0.164. The molecule has 0 aliphatic carbocycles. The number of nitrogens with two attached hydrogens (primary N) is 1. The summed E-state index contributed by atoms with van der Waals surface area (Å²) in [6.07, 6.45) is 4.90. The summed E-state index contributed by atoms with van der Waals surface area (Å²) < 4.78 is 1.21. The molecule has 1 aromatic heterocycles. The second-order valence-corrected chi connectivity index (χ2v) is 8.53. The standard InChI is InChI=1S/C16H28BrN3S/c1-3-7-20-8-4-5-16(13-18,6-9-20)19(2)11-14-10-15(17)21-12-14/h10,12H,3-9,11,13,18H2,1-2H3. The number of likely N-dealkylation sites (tertiary alicyclic amines) is 1. The molecular weight excluding hydrogens is 346 g/mol. The minimum absolute atomic E-state index is 0.164. The highest BCUT2D eigenvalue weighted by Crippen LogP contribution is 2.30. The molecule has 2 heterocycles. The highest BCUT2D eigenvalue weighted by Gasteiger charge is 2.35. The van der Waals surface area contributed by atoms with Gasteiger partial charge in [0.25, 0.3) is 0 Å². The number of hydrogen-bond donors (Lipinski definition) is 1. The zero-order valence-corrected chi connectivity index (χ0v) is 15.7. The fourth-order valence-corrected chi connectivity index (χ4v) is 4.59. The second-order valence-electron chi connectivity index (χ2n) is 6.24. The molecule has 1 aliphatic heterocycles. The van der Waals surface area contributed by atoms with Crippen LogP contribution in [0.15, 0.2) is 15.2 Å². The van der Waals surface area contributed by atoms with Crippen LogP contribution in [0.3, 0.4) is 0 Å². The number of nitrogens with zero attached hydrogens (tertiary/aromatic N) is 2. The van der Waals surface area contributed by atoms with E-state index in [1.54, 1.807) is 11.3 Å². The Balaban J connectivity index is 2.02. The van der Waals surface area contributed by atoms with Gasteiger partial charge in [0.1, 0.15) is 0 Å². The minimum Gasteiger partial charge on any atom is -0.329 e. The van der Waals surface area contributed by atoms with E-state index in [0.29, 0.717) is 0 Å². The van der Waals surface area contributed by atoms with Crippen LogP contribution in [-0.2, 0) is 6.54 Å². The fraction of sp³-hybridized carbons (Fsp3) is 0.750. The summed E-state index contributed by atoms with van der Waals surface area (Å²) in [6, 6.07) is 2.23. The number of halogens is 1. The van der Waals surface area contributed by atoms with Gasteiger partial charge in [0.05, 0.1) is 3.79 Å². The molecule has 5 heteroatoms. The maximum absolute atomic E-state index is 6.22. The molecular formula is C16H28BrN3S. The summed E-state index contributed by atoms with van der Waals surface area (Å²) in [6.45, 7) is 7.65. The molecule has 0 amide bonds. The highest BCUT2D eigenvalue weighted by molar-refractivity contribution is 9.11. The summed E-state index contributed by atoms with van der Waals surface area (Å²) in [5.74, 6) is 0. The van der Waals surface area contributed by atoms with Gasteiger partial charge in [0.2, 0.25) is 0 Å². The Morgan fingerprint density at radius 3 is 2.86 bits per heavy atom. The van der Waals surface area contributed by atoms with Gasteiger partial charge in [-0.1, -0.05) is 6.92 Å². The molecule has 2 N–H and O–H groups in total. The first-order chi connectivity index (χ1) is 10.1. The Morgan fingerprint density at radius 1 is 1.43 bits per heavy atom. The van der Waals surface area contributed by atoms with E-state index in [-0.39, 0.29) is 5.54 Å². The van der Waals surface area contributed by atoms with Crippen molar-refractivity contribution in [2.24, 2.45) is 5.73 Å². The average molecular weight is 374 g/mol. The Kier molecular flexibility index (Phi) is 6.69. The molecule has 0 bridgehead atoms. The first-order valence-electron chi connectivity index (χ1n) is 7.96. The number of rotatable bonds is 6. The average Bonchev–Trinajstić information content (AvgIpc) is 2.75. The van der Waals surface area contributed by atoms with Crippen LogP contribution in [0.25, 0.3) is 0 Å². The molecule has 1 atom stereocenters. The lowest BCUT2D eigenvalue weighted by molar-refractivity contribution is 0.0993. The third-order valence-corrected chi connectivity index (χ3v) is 6.33. The van der Waals surface area contributed by atoms with E-state index in [4.69, 9.17) is 5.73 Å². The van der Waals surface area contributed by atoms with Crippen molar-refractivity contribution in [3.8, 4) is 0 Å². The topological polar surface area (TPSA) is 32.5 Å². The summed E-state index contributed by atoms with van der Waals surface area (Å²) in [5.41, 5.74) is 7.77. The van der Waals surface area contributed by atoms with Crippen molar-refractivity contribution in [1.29, 1.82) is 0 Å². The van der Waals surface area contributed by atoms with E-state index in [9.17, 15) is 0 Å². The van der Waals surface area contributed by atoms with Crippen molar-refractivity contribution in [3.05, 3.63) is 20.8 Å². The van der Waals surface area contributed by atoms with Crippen molar-refractivity contribution < 1.29 is 0 Å². The third kappa shape index (κ3) is 4.52. The normalized spacial score (nSPS) is 24.4. The van der Waals surface area contributed by atoms with Crippen LogP contribution in [0, 0.1) is 0 Å². The smallest absolute Gasteiger partial charge is 0.0701 e. The van der Waals surface area contributed by atoms with Gasteiger partial charge < -0.3 is 10.6 Å². The molecule has 3 nitrogen and oxygen atoms in total. The van der Waals surface area contributed by atoms with Gasteiger partial charge in [-0.3, -0.25) is 4.90 Å². The SMILES string of the molecule is CCCN1CCCC(CN)(N(C)Cc2csc(Br)c2)CC1.